The van der Waals surface area contributed by atoms with Crippen molar-refractivity contribution in [3.8, 4) is 11.8 Å². The number of carbonyl (C=O) groups excluding carboxylic acids is 1. The summed E-state index contributed by atoms with van der Waals surface area (Å²) in [6.07, 6.45) is -0.568. The highest BCUT2D eigenvalue weighted by Gasteiger charge is 2.37. The first kappa shape index (κ1) is 15.8. The van der Waals surface area contributed by atoms with Crippen molar-refractivity contribution in [2.24, 2.45) is 5.92 Å². The van der Waals surface area contributed by atoms with Crippen LogP contribution in [0.1, 0.15) is 25.0 Å². The molecule has 24 heavy (non-hydrogen) atoms. The van der Waals surface area contributed by atoms with E-state index >= 15 is 0 Å². The van der Waals surface area contributed by atoms with Crippen LogP contribution in [0.4, 0.5) is 11.6 Å². The Balaban J connectivity index is 2.02. The maximum absolute atomic E-state index is 12.9. The SMILES string of the molecule is CC(C)C1Oc2ccc(N)nc2N(Cc2cccc(C#N)c2)C1=O. The van der Waals surface area contributed by atoms with Gasteiger partial charge in [-0.2, -0.15) is 5.26 Å². The molecule has 1 aliphatic rings. The third-order valence-corrected chi connectivity index (χ3v) is 3.88. The quantitative estimate of drug-likeness (QED) is 0.937. The van der Waals surface area contributed by atoms with Gasteiger partial charge in [-0.15, -0.1) is 0 Å². The van der Waals surface area contributed by atoms with Crippen LogP contribution in [0, 0.1) is 17.2 Å². The monoisotopic (exact) mass is 322 g/mol. The van der Waals surface area contributed by atoms with Crippen LogP contribution in [0.2, 0.25) is 0 Å². The molecule has 0 saturated carbocycles. The van der Waals surface area contributed by atoms with E-state index in [2.05, 4.69) is 11.1 Å². The molecule has 0 radical (unpaired) electrons. The number of carbonyl (C=O) groups is 1. The van der Waals surface area contributed by atoms with Crippen molar-refractivity contribution in [2.45, 2.75) is 26.5 Å². The summed E-state index contributed by atoms with van der Waals surface area (Å²) >= 11 is 0. The van der Waals surface area contributed by atoms with E-state index in [9.17, 15) is 4.79 Å². The predicted octanol–water partition coefficient (Wildman–Crippen LogP) is 2.49. The molecule has 6 heteroatoms. The number of nitrogens with two attached hydrogens (primary N) is 1. The largest absolute Gasteiger partial charge is 0.476 e. The second-order valence-electron chi connectivity index (χ2n) is 6.08. The summed E-state index contributed by atoms with van der Waals surface area (Å²) in [7, 11) is 0. The summed E-state index contributed by atoms with van der Waals surface area (Å²) in [6.45, 7) is 4.18. The second kappa shape index (κ2) is 6.20. The zero-order valence-corrected chi connectivity index (χ0v) is 13.6. The Kier molecular flexibility index (Phi) is 4.09. The Bertz CT molecular complexity index is 826. The van der Waals surface area contributed by atoms with E-state index in [-0.39, 0.29) is 11.8 Å². The lowest BCUT2D eigenvalue weighted by molar-refractivity contribution is -0.128. The standard InChI is InChI=1S/C18H18N4O2/c1-11(2)16-18(23)22(10-13-5-3-4-12(8-13)9-19)17-14(24-16)6-7-15(20)21-17/h3-8,11,16H,10H2,1-2H3,(H2,20,21). The van der Waals surface area contributed by atoms with Crippen molar-refractivity contribution in [3.05, 3.63) is 47.5 Å². The molecule has 0 aliphatic carbocycles. The van der Waals surface area contributed by atoms with Crippen molar-refractivity contribution >= 4 is 17.5 Å². The van der Waals surface area contributed by atoms with Crippen molar-refractivity contribution in [2.75, 3.05) is 10.6 Å². The van der Waals surface area contributed by atoms with Gasteiger partial charge in [-0.25, -0.2) is 4.98 Å². The Morgan fingerprint density at radius 1 is 1.38 bits per heavy atom. The molecule has 122 valence electrons. The number of amides is 1. The number of ether oxygens (including phenoxy) is 1. The molecule has 1 aliphatic heterocycles. The Hall–Kier alpha value is -3.07. The number of nitrogens with zero attached hydrogens (tertiary/aromatic N) is 3. The maximum Gasteiger partial charge on any atom is 0.269 e. The van der Waals surface area contributed by atoms with Crippen LogP contribution < -0.4 is 15.4 Å². The molecule has 0 spiro atoms. The molecule has 1 unspecified atom stereocenters. The van der Waals surface area contributed by atoms with Gasteiger partial charge in [-0.3, -0.25) is 9.69 Å². The van der Waals surface area contributed by atoms with Crippen LogP contribution in [0.15, 0.2) is 36.4 Å². The summed E-state index contributed by atoms with van der Waals surface area (Å²) in [5, 5.41) is 9.05. The van der Waals surface area contributed by atoms with Gasteiger partial charge < -0.3 is 10.5 Å². The highest BCUT2D eigenvalue weighted by Crippen LogP contribution is 2.35. The normalized spacial score (nSPS) is 16.5. The van der Waals surface area contributed by atoms with Crippen molar-refractivity contribution in [3.63, 3.8) is 0 Å². The van der Waals surface area contributed by atoms with E-state index in [4.69, 9.17) is 15.7 Å². The summed E-state index contributed by atoms with van der Waals surface area (Å²) in [6, 6.07) is 12.7. The van der Waals surface area contributed by atoms with Gasteiger partial charge >= 0.3 is 0 Å². The highest BCUT2D eigenvalue weighted by atomic mass is 16.5. The van der Waals surface area contributed by atoms with Crippen LogP contribution >= 0.6 is 0 Å². The van der Waals surface area contributed by atoms with Crippen LogP contribution in [-0.2, 0) is 11.3 Å². The van der Waals surface area contributed by atoms with Gasteiger partial charge in [-0.05, 0) is 35.7 Å². The van der Waals surface area contributed by atoms with E-state index < -0.39 is 6.10 Å². The van der Waals surface area contributed by atoms with Gasteiger partial charge in [0, 0.05) is 0 Å². The summed E-state index contributed by atoms with van der Waals surface area (Å²) in [5.41, 5.74) is 7.17. The lowest BCUT2D eigenvalue weighted by Crippen LogP contribution is -2.48. The smallest absolute Gasteiger partial charge is 0.269 e. The summed E-state index contributed by atoms with van der Waals surface area (Å²) in [5.74, 6) is 1.15. The van der Waals surface area contributed by atoms with Gasteiger partial charge in [-0.1, -0.05) is 26.0 Å². The number of pyridine rings is 1. The number of benzene rings is 1. The molecular weight excluding hydrogens is 304 g/mol. The zero-order chi connectivity index (χ0) is 17.3. The van der Waals surface area contributed by atoms with Gasteiger partial charge in [0.05, 0.1) is 18.2 Å². The average Bonchev–Trinajstić information content (AvgIpc) is 2.57. The first-order valence-electron chi connectivity index (χ1n) is 7.73. The third-order valence-electron chi connectivity index (χ3n) is 3.88. The zero-order valence-electron chi connectivity index (χ0n) is 13.6. The fourth-order valence-electron chi connectivity index (χ4n) is 2.68. The molecule has 1 atom stereocenters. The van der Waals surface area contributed by atoms with Gasteiger partial charge in [0.2, 0.25) is 0 Å². The molecule has 2 aromatic rings. The van der Waals surface area contributed by atoms with E-state index in [1.807, 2.05) is 19.9 Å². The van der Waals surface area contributed by atoms with Crippen molar-refractivity contribution in [1.82, 2.24) is 4.98 Å². The maximum atomic E-state index is 12.9. The van der Waals surface area contributed by atoms with Crippen LogP contribution in [0.3, 0.4) is 0 Å². The van der Waals surface area contributed by atoms with Gasteiger partial charge in [0.15, 0.2) is 17.7 Å². The number of nitriles is 1. The van der Waals surface area contributed by atoms with E-state index in [0.29, 0.717) is 29.5 Å². The van der Waals surface area contributed by atoms with Crippen LogP contribution in [0.25, 0.3) is 0 Å². The van der Waals surface area contributed by atoms with Crippen molar-refractivity contribution in [1.29, 1.82) is 5.26 Å². The predicted molar refractivity (Wildman–Crippen MR) is 90.3 cm³/mol. The molecule has 3 rings (SSSR count). The van der Waals surface area contributed by atoms with Crippen LogP contribution in [-0.4, -0.2) is 17.0 Å². The Morgan fingerprint density at radius 2 is 2.17 bits per heavy atom. The van der Waals surface area contributed by atoms with Crippen LogP contribution in [0.5, 0.6) is 5.75 Å². The lowest BCUT2D eigenvalue weighted by Gasteiger charge is -2.35. The molecule has 0 fully saturated rings. The van der Waals surface area contributed by atoms with Gasteiger partial charge in [0.25, 0.3) is 5.91 Å². The minimum absolute atomic E-state index is 0.0242. The highest BCUT2D eigenvalue weighted by molar-refractivity contribution is 5.99. The van der Waals surface area contributed by atoms with E-state index in [1.54, 1.807) is 35.2 Å². The Labute approximate surface area is 140 Å². The second-order valence-corrected chi connectivity index (χ2v) is 6.08. The number of hydrogen-bond acceptors (Lipinski definition) is 5. The summed E-state index contributed by atoms with van der Waals surface area (Å²) < 4.78 is 5.81. The number of rotatable bonds is 3. The van der Waals surface area contributed by atoms with E-state index in [1.165, 1.54) is 0 Å². The average molecular weight is 322 g/mol. The number of aromatic nitrogens is 1. The fraction of sp³-hybridized carbons (Fsp3) is 0.278. The molecule has 1 amide bonds. The molecule has 6 nitrogen and oxygen atoms in total. The molecule has 2 N–H and O–H groups in total. The summed E-state index contributed by atoms with van der Waals surface area (Å²) in [4.78, 5) is 18.7. The fourth-order valence-corrected chi connectivity index (χ4v) is 2.68. The van der Waals surface area contributed by atoms with Crippen molar-refractivity contribution < 1.29 is 9.53 Å². The lowest BCUT2D eigenvalue weighted by atomic mass is 10.0. The Morgan fingerprint density at radius 3 is 2.88 bits per heavy atom. The minimum atomic E-state index is -0.568. The molecule has 1 aromatic carbocycles. The molecular formula is C18H18N4O2. The number of hydrogen-bond donors (Lipinski definition) is 1. The molecule has 0 saturated heterocycles. The number of fused-ring (bicyclic) bond motifs is 1. The molecule has 0 bridgehead atoms. The van der Waals surface area contributed by atoms with E-state index in [0.717, 1.165) is 5.56 Å². The topological polar surface area (TPSA) is 92.2 Å². The third kappa shape index (κ3) is 2.88. The minimum Gasteiger partial charge on any atom is -0.476 e. The molecule has 1 aromatic heterocycles. The van der Waals surface area contributed by atoms with Gasteiger partial charge in [0.1, 0.15) is 5.82 Å². The number of anilines is 2. The first-order chi connectivity index (χ1) is 11.5. The first-order valence-corrected chi connectivity index (χ1v) is 7.73. The molecule has 2 heterocycles. The number of nitrogen functional groups attached to an aromatic ring is 1.